The van der Waals surface area contributed by atoms with E-state index in [1.165, 1.54) is 38.7 Å². The Morgan fingerprint density at radius 1 is 0.944 bits per heavy atom. The van der Waals surface area contributed by atoms with Crippen LogP contribution in [0.1, 0.15) is 50.2 Å². The number of allylic oxidation sites excluding steroid dienone is 14. The zero-order chi connectivity index (χ0) is 25.8. The molecule has 0 aliphatic heterocycles. The maximum atomic E-state index is 4.05. The standard InChI is InChI=1S/C35H39B/c1-6-15-33(22-14-19-31-17-10-8-11-18-31)36(34-25-23-28(3)24-26-34)35(16-7-2)27-29(4)30(5)32-20-12-9-13-21-32/h6-7,9-10,12-18,20-27,30H,1-2,8,11,19H2,3-5H3/b22-14-,29-27+,33-15+,35-16+. The van der Waals surface area contributed by atoms with Crippen LogP contribution in [0.4, 0.5) is 0 Å². The van der Waals surface area contributed by atoms with Gasteiger partial charge in [-0.3, -0.25) is 0 Å². The van der Waals surface area contributed by atoms with E-state index in [1.807, 2.05) is 12.2 Å². The third kappa shape index (κ3) is 7.72. The van der Waals surface area contributed by atoms with E-state index in [0.29, 0.717) is 5.92 Å². The van der Waals surface area contributed by atoms with Gasteiger partial charge in [-0.15, -0.1) is 0 Å². The molecule has 0 fully saturated rings. The summed E-state index contributed by atoms with van der Waals surface area (Å²) in [7, 11) is 0. The van der Waals surface area contributed by atoms with Gasteiger partial charge in [-0.25, -0.2) is 0 Å². The van der Waals surface area contributed by atoms with E-state index in [9.17, 15) is 0 Å². The van der Waals surface area contributed by atoms with Gasteiger partial charge in [0.1, 0.15) is 0 Å². The van der Waals surface area contributed by atoms with Crippen molar-refractivity contribution in [2.24, 2.45) is 0 Å². The highest BCUT2D eigenvalue weighted by Gasteiger charge is 2.24. The fourth-order valence-corrected chi connectivity index (χ4v) is 4.63. The summed E-state index contributed by atoms with van der Waals surface area (Å²) in [6.45, 7) is 14.8. The number of hydrogen-bond donors (Lipinski definition) is 0. The Bertz CT molecular complexity index is 1200. The molecule has 2 aromatic carbocycles. The zero-order valence-electron chi connectivity index (χ0n) is 22.2. The summed E-state index contributed by atoms with van der Waals surface area (Å²) in [4.78, 5) is 0. The molecule has 1 aliphatic rings. The molecule has 1 unspecified atom stereocenters. The van der Waals surface area contributed by atoms with Crippen molar-refractivity contribution in [2.45, 2.75) is 46.0 Å². The number of aryl methyl sites for hydroxylation is 1. The van der Waals surface area contributed by atoms with Gasteiger partial charge in [-0.05, 0) is 44.2 Å². The highest BCUT2D eigenvalue weighted by atomic mass is 14.1. The molecule has 1 aliphatic carbocycles. The molecule has 0 spiro atoms. The fourth-order valence-electron chi connectivity index (χ4n) is 4.63. The van der Waals surface area contributed by atoms with Crippen molar-refractivity contribution >= 4 is 12.2 Å². The van der Waals surface area contributed by atoms with Crippen LogP contribution < -0.4 is 5.46 Å². The van der Waals surface area contributed by atoms with Gasteiger partial charge in [0.25, 0.3) is 0 Å². The maximum absolute atomic E-state index is 4.05. The summed E-state index contributed by atoms with van der Waals surface area (Å²) >= 11 is 0. The van der Waals surface area contributed by atoms with Crippen LogP contribution in [-0.2, 0) is 0 Å². The second kappa shape index (κ2) is 14.1. The summed E-state index contributed by atoms with van der Waals surface area (Å²) < 4.78 is 0. The molecule has 0 saturated carbocycles. The number of benzene rings is 2. The molecule has 1 heteroatoms. The van der Waals surface area contributed by atoms with E-state index >= 15 is 0 Å². The topological polar surface area (TPSA) is 0 Å². The molecular weight excluding hydrogens is 431 g/mol. The van der Waals surface area contributed by atoms with Crippen LogP contribution >= 0.6 is 0 Å². The Kier molecular flexibility index (Phi) is 10.6. The molecule has 0 heterocycles. The van der Waals surface area contributed by atoms with Crippen molar-refractivity contribution in [1.29, 1.82) is 0 Å². The lowest BCUT2D eigenvalue weighted by Gasteiger charge is -2.20. The first-order chi connectivity index (χ1) is 17.5. The molecule has 36 heavy (non-hydrogen) atoms. The Morgan fingerprint density at radius 2 is 1.64 bits per heavy atom. The third-order valence-electron chi connectivity index (χ3n) is 6.81. The first kappa shape index (κ1) is 27.0. The van der Waals surface area contributed by atoms with E-state index in [0.717, 1.165) is 19.3 Å². The predicted octanol–water partition coefficient (Wildman–Crippen LogP) is 8.97. The Morgan fingerprint density at radius 3 is 2.28 bits per heavy atom. The molecule has 3 rings (SSSR count). The Labute approximate surface area is 219 Å². The van der Waals surface area contributed by atoms with Crippen molar-refractivity contribution < 1.29 is 0 Å². The van der Waals surface area contributed by atoms with Crippen molar-refractivity contribution in [3.8, 4) is 0 Å². The average molecular weight is 471 g/mol. The minimum atomic E-state index is 0.0756. The monoisotopic (exact) mass is 470 g/mol. The normalized spacial score (nSPS) is 15.5. The van der Waals surface area contributed by atoms with E-state index < -0.39 is 0 Å². The van der Waals surface area contributed by atoms with Crippen molar-refractivity contribution in [1.82, 2.24) is 0 Å². The predicted molar refractivity (Wildman–Crippen MR) is 162 cm³/mol. The highest BCUT2D eigenvalue weighted by Crippen LogP contribution is 2.26. The Balaban J connectivity index is 2.03. The van der Waals surface area contributed by atoms with E-state index in [4.69, 9.17) is 0 Å². The second-order valence-corrected chi connectivity index (χ2v) is 9.53. The van der Waals surface area contributed by atoms with Crippen molar-refractivity contribution in [3.63, 3.8) is 0 Å². The van der Waals surface area contributed by atoms with Gasteiger partial charge in [-0.1, -0.05) is 163 Å². The smallest absolute Gasteiger partial charge is 0.0991 e. The number of hydrogen-bond acceptors (Lipinski definition) is 0. The third-order valence-corrected chi connectivity index (χ3v) is 6.81. The van der Waals surface area contributed by atoms with Gasteiger partial charge in [-0.2, -0.15) is 0 Å². The van der Waals surface area contributed by atoms with Crippen LogP contribution in [0.5, 0.6) is 0 Å². The van der Waals surface area contributed by atoms with Crippen LogP contribution in [0, 0.1) is 6.92 Å². The van der Waals surface area contributed by atoms with E-state index in [-0.39, 0.29) is 6.71 Å². The molecule has 0 N–H and O–H groups in total. The van der Waals surface area contributed by atoms with Gasteiger partial charge in [0.15, 0.2) is 0 Å². The fraction of sp³-hybridized carbons (Fsp3) is 0.200. The first-order valence-corrected chi connectivity index (χ1v) is 13.0. The zero-order valence-corrected chi connectivity index (χ0v) is 22.2. The molecular formula is C35H39B. The highest BCUT2D eigenvalue weighted by molar-refractivity contribution is 6.87. The second-order valence-electron chi connectivity index (χ2n) is 9.53. The van der Waals surface area contributed by atoms with Crippen molar-refractivity contribution in [3.05, 3.63) is 162 Å². The largest absolute Gasteiger partial charge is 0.241 e. The average Bonchev–Trinajstić information content (AvgIpc) is 2.90. The molecule has 182 valence electrons. The molecule has 0 amide bonds. The summed E-state index contributed by atoms with van der Waals surface area (Å²) in [5.74, 6) is 0.325. The summed E-state index contributed by atoms with van der Waals surface area (Å²) in [6.07, 6.45) is 25.1. The van der Waals surface area contributed by atoms with Gasteiger partial charge < -0.3 is 0 Å². The molecule has 2 aromatic rings. The molecule has 0 radical (unpaired) electrons. The molecule has 0 saturated heterocycles. The molecule has 0 nitrogen and oxygen atoms in total. The lowest BCUT2D eigenvalue weighted by molar-refractivity contribution is 0.893. The summed E-state index contributed by atoms with van der Waals surface area (Å²) in [5.41, 5.74) is 9.01. The quantitative estimate of drug-likeness (QED) is 0.227. The van der Waals surface area contributed by atoms with E-state index in [1.54, 1.807) is 0 Å². The van der Waals surface area contributed by atoms with Crippen LogP contribution in [0.3, 0.4) is 0 Å². The van der Waals surface area contributed by atoms with Gasteiger partial charge >= 0.3 is 0 Å². The molecule has 0 bridgehead atoms. The van der Waals surface area contributed by atoms with Crippen LogP contribution in [-0.4, -0.2) is 6.71 Å². The lowest BCUT2D eigenvalue weighted by Crippen LogP contribution is -2.34. The van der Waals surface area contributed by atoms with Crippen LogP contribution in [0.15, 0.2) is 151 Å². The molecule has 1 atom stereocenters. The van der Waals surface area contributed by atoms with Crippen molar-refractivity contribution in [2.75, 3.05) is 0 Å². The first-order valence-electron chi connectivity index (χ1n) is 13.0. The van der Waals surface area contributed by atoms with Crippen LogP contribution in [0.25, 0.3) is 0 Å². The van der Waals surface area contributed by atoms with Gasteiger partial charge in [0.2, 0.25) is 6.71 Å². The lowest BCUT2D eigenvalue weighted by atomic mass is 9.35. The minimum Gasteiger partial charge on any atom is -0.0991 e. The van der Waals surface area contributed by atoms with Gasteiger partial charge in [0.05, 0.1) is 0 Å². The minimum absolute atomic E-state index is 0.0756. The maximum Gasteiger partial charge on any atom is 0.241 e. The number of rotatable bonds is 11. The SMILES string of the molecule is C=C/C=C(\C=C/CC1=CCCC=C1)B(C(=C/C=C)/C=C(\C)C(C)c1ccccc1)c1ccc(C)cc1. The summed E-state index contributed by atoms with van der Waals surface area (Å²) in [6, 6.07) is 19.6. The van der Waals surface area contributed by atoms with Crippen LogP contribution in [0.2, 0.25) is 0 Å². The van der Waals surface area contributed by atoms with Gasteiger partial charge in [0, 0.05) is 5.92 Å². The summed E-state index contributed by atoms with van der Waals surface area (Å²) in [5, 5.41) is 0. The van der Waals surface area contributed by atoms with E-state index in [2.05, 4.69) is 137 Å². The Hall–Kier alpha value is -3.58. The molecule has 0 aromatic heterocycles.